The van der Waals surface area contributed by atoms with Gasteiger partial charge in [-0.05, 0) is 50.6 Å². The molecule has 3 nitrogen and oxygen atoms in total. The zero-order chi connectivity index (χ0) is 14.6. The molecule has 0 aliphatic rings. The molecule has 0 heterocycles. The smallest absolute Gasteiger partial charge is 0.161 e. The minimum Gasteiger partial charge on any atom is -0.490 e. The van der Waals surface area contributed by atoms with Crippen molar-refractivity contribution in [3.05, 3.63) is 23.8 Å². The number of hydrogen-bond acceptors (Lipinski definition) is 3. The third kappa shape index (κ3) is 6.29. The summed E-state index contributed by atoms with van der Waals surface area (Å²) in [4.78, 5) is 0. The van der Waals surface area contributed by atoms with Crippen molar-refractivity contribution in [1.82, 2.24) is 5.32 Å². The van der Waals surface area contributed by atoms with Crippen LogP contribution < -0.4 is 14.8 Å². The van der Waals surface area contributed by atoms with Crippen molar-refractivity contribution in [2.45, 2.75) is 46.0 Å². The Hall–Kier alpha value is -1.22. The van der Waals surface area contributed by atoms with Crippen LogP contribution in [0.3, 0.4) is 0 Å². The largest absolute Gasteiger partial charge is 0.490 e. The van der Waals surface area contributed by atoms with E-state index in [0.29, 0.717) is 0 Å². The number of unbranched alkanes of at least 4 members (excludes halogenated alkanes) is 2. The van der Waals surface area contributed by atoms with E-state index < -0.39 is 0 Å². The first-order chi connectivity index (χ1) is 9.81. The summed E-state index contributed by atoms with van der Waals surface area (Å²) in [6.07, 6.45) is 5.46. The molecule has 0 unspecified atom stereocenters. The van der Waals surface area contributed by atoms with Gasteiger partial charge in [0.1, 0.15) is 0 Å². The normalized spacial score (nSPS) is 10.6. The molecule has 0 radical (unpaired) electrons. The molecule has 0 aliphatic heterocycles. The van der Waals surface area contributed by atoms with Gasteiger partial charge in [0.2, 0.25) is 0 Å². The number of benzene rings is 1. The number of hydrogen-bond donors (Lipinski definition) is 1. The monoisotopic (exact) mass is 279 g/mol. The van der Waals surface area contributed by atoms with Crippen LogP contribution in [0.2, 0.25) is 0 Å². The highest BCUT2D eigenvalue weighted by Gasteiger charge is 2.07. The van der Waals surface area contributed by atoms with E-state index in [2.05, 4.69) is 31.3 Å². The van der Waals surface area contributed by atoms with E-state index in [4.69, 9.17) is 9.47 Å². The maximum atomic E-state index is 5.88. The van der Waals surface area contributed by atoms with Crippen LogP contribution in [0.1, 0.15) is 45.1 Å². The Labute approximate surface area is 123 Å². The quantitative estimate of drug-likeness (QED) is 0.625. The first-order valence-corrected chi connectivity index (χ1v) is 7.84. The van der Waals surface area contributed by atoms with Crippen molar-refractivity contribution in [2.75, 3.05) is 26.8 Å². The summed E-state index contributed by atoms with van der Waals surface area (Å²) in [7, 11) is 1.97. The predicted octanol–water partition coefficient (Wildman–Crippen LogP) is 3.81. The average molecular weight is 279 g/mol. The predicted molar refractivity (Wildman–Crippen MR) is 84.9 cm³/mol. The van der Waals surface area contributed by atoms with E-state index in [9.17, 15) is 0 Å². The van der Waals surface area contributed by atoms with Gasteiger partial charge < -0.3 is 14.8 Å². The lowest BCUT2D eigenvalue weighted by atomic mass is 10.1. The van der Waals surface area contributed by atoms with E-state index in [1.165, 1.54) is 5.56 Å². The molecular weight excluding hydrogens is 250 g/mol. The van der Waals surface area contributed by atoms with E-state index in [0.717, 1.165) is 63.4 Å². The second-order valence-electron chi connectivity index (χ2n) is 5.04. The van der Waals surface area contributed by atoms with Gasteiger partial charge in [0, 0.05) is 0 Å². The van der Waals surface area contributed by atoms with E-state index >= 15 is 0 Å². The molecule has 0 aliphatic carbocycles. The molecule has 0 spiro atoms. The van der Waals surface area contributed by atoms with Crippen molar-refractivity contribution < 1.29 is 9.47 Å². The molecule has 0 saturated carbocycles. The van der Waals surface area contributed by atoms with E-state index in [1.54, 1.807) is 0 Å². The van der Waals surface area contributed by atoms with Crippen molar-refractivity contribution in [1.29, 1.82) is 0 Å². The summed E-state index contributed by atoms with van der Waals surface area (Å²) in [5.41, 5.74) is 1.29. The molecular formula is C17H29NO2. The van der Waals surface area contributed by atoms with Crippen molar-refractivity contribution in [3.8, 4) is 11.5 Å². The summed E-state index contributed by atoms with van der Waals surface area (Å²) < 4.78 is 11.7. The third-order valence-electron chi connectivity index (χ3n) is 3.18. The molecule has 20 heavy (non-hydrogen) atoms. The first kappa shape index (κ1) is 16.8. The van der Waals surface area contributed by atoms with Crippen LogP contribution in [0.5, 0.6) is 11.5 Å². The van der Waals surface area contributed by atoms with Crippen LogP contribution in [0.15, 0.2) is 18.2 Å². The summed E-state index contributed by atoms with van der Waals surface area (Å²) in [5, 5.41) is 3.17. The average Bonchev–Trinajstić information content (AvgIpc) is 2.47. The number of nitrogens with one attached hydrogen (secondary N) is 1. The fraction of sp³-hybridized carbons (Fsp3) is 0.647. The molecule has 114 valence electrons. The molecule has 0 aromatic heterocycles. The molecule has 1 N–H and O–H groups in total. The molecule has 0 amide bonds. The van der Waals surface area contributed by atoms with Crippen LogP contribution in [0, 0.1) is 0 Å². The summed E-state index contributed by atoms with van der Waals surface area (Å²) in [6, 6.07) is 6.29. The first-order valence-electron chi connectivity index (χ1n) is 7.84. The molecule has 0 bridgehead atoms. The molecule has 1 aromatic rings. The minimum absolute atomic E-state index is 0.760. The van der Waals surface area contributed by atoms with Crippen LogP contribution in [-0.4, -0.2) is 26.8 Å². The second kappa shape index (κ2) is 10.6. The van der Waals surface area contributed by atoms with Crippen LogP contribution in [0.25, 0.3) is 0 Å². The highest BCUT2D eigenvalue weighted by atomic mass is 16.5. The molecule has 1 aromatic carbocycles. The highest BCUT2D eigenvalue weighted by Crippen LogP contribution is 2.29. The summed E-state index contributed by atoms with van der Waals surface area (Å²) in [5.74, 6) is 1.77. The zero-order valence-corrected chi connectivity index (χ0v) is 13.2. The lowest BCUT2D eigenvalue weighted by Gasteiger charge is -2.14. The molecule has 3 heteroatoms. The summed E-state index contributed by atoms with van der Waals surface area (Å²) in [6.45, 7) is 6.84. The fourth-order valence-electron chi connectivity index (χ4n) is 1.86. The van der Waals surface area contributed by atoms with Crippen LogP contribution >= 0.6 is 0 Å². The van der Waals surface area contributed by atoms with Crippen LogP contribution in [-0.2, 0) is 6.42 Å². The number of likely N-dealkylation sites (N-methyl/N-ethyl adjacent to an activating group) is 1. The molecule has 0 atom stereocenters. The SMILES string of the molecule is CCCCOc1ccc(CCNC)cc1OCCCC. The standard InChI is InChI=1S/C17H29NO2/c1-4-6-12-19-16-9-8-15(10-11-18-3)14-17(16)20-13-7-5-2/h8-9,14,18H,4-7,10-13H2,1-3H3. The van der Waals surface area contributed by atoms with Gasteiger partial charge in [-0.2, -0.15) is 0 Å². The lowest BCUT2D eigenvalue weighted by molar-refractivity contribution is 0.261. The van der Waals surface area contributed by atoms with Gasteiger partial charge in [0.05, 0.1) is 13.2 Å². The Kier molecular flexibility index (Phi) is 8.88. The Balaban J connectivity index is 2.68. The fourth-order valence-corrected chi connectivity index (χ4v) is 1.86. The summed E-state index contributed by atoms with van der Waals surface area (Å²) >= 11 is 0. The maximum absolute atomic E-state index is 5.88. The van der Waals surface area contributed by atoms with Gasteiger partial charge in [0.25, 0.3) is 0 Å². The number of ether oxygens (including phenoxy) is 2. The Morgan fingerprint density at radius 3 is 2.20 bits per heavy atom. The third-order valence-corrected chi connectivity index (χ3v) is 3.18. The lowest BCUT2D eigenvalue weighted by Crippen LogP contribution is -2.10. The Bertz CT molecular complexity index is 366. The van der Waals surface area contributed by atoms with Gasteiger partial charge in [-0.3, -0.25) is 0 Å². The van der Waals surface area contributed by atoms with Gasteiger partial charge in [-0.25, -0.2) is 0 Å². The maximum Gasteiger partial charge on any atom is 0.161 e. The highest BCUT2D eigenvalue weighted by molar-refractivity contribution is 5.43. The Morgan fingerprint density at radius 2 is 1.60 bits per heavy atom. The van der Waals surface area contributed by atoms with Crippen LogP contribution in [0.4, 0.5) is 0 Å². The topological polar surface area (TPSA) is 30.5 Å². The minimum atomic E-state index is 0.760. The van der Waals surface area contributed by atoms with Gasteiger partial charge in [-0.1, -0.05) is 32.8 Å². The zero-order valence-electron chi connectivity index (χ0n) is 13.2. The van der Waals surface area contributed by atoms with E-state index in [1.807, 2.05) is 13.1 Å². The Morgan fingerprint density at radius 1 is 0.950 bits per heavy atom. The van der Waals surface area contributed by atoms with Gasteiger partial charge in [0.15, 0.2) is 11.5 Å². The molecule has 0 saturated heterocycles. The van der Waals surface area contributed by atoms with E-state index in [-0.39, 0.29) is 0 Å². The number of rotatable bonds is 11. The van der Waals surface area contributed by atoms with Crippen molar-refractivity contribution in [3.63, 3.8) is 0 Å². The van der Waals surface area contributed by atoms with Crippen molar-refractivity contribution in [2.24, 2.45) is 0 Å². The molecule has 1 rings (SSSR count). The van der Waals surface area contributed by atoms with Crippen molar-refractivity contribution >= 4 is 0 Å². The second-order valence-corrected chi connectivity index (χ2v) is 5.04. The van der Waals surface area contributed by atoms with Gasteiger partial charge in [-0.15, -0.1) is 0 Å². The molecule has 0 fully saturated rings. The van der Waals surface area contributed by atoms with Gasteiger partial charge >= 0.3 is 0 Å².